The Balaban J connectivity index is 1.77. The summed E-state index contributed by atoms with van der Waals surface area (Å²) in [6.07, 6.45) is 2.81. The van der Waals surface area contributed by atoms with Crippen LogP contribution >= 0.6 is 0 Å². The molecule has 6 rings (SSSR count). The zero-order valence-electron chi connectivity index (χ0n) is 7.97. The monoisotopic (exact) mass is 190 g/mol. The van der Waals surface area contributed by atoms with Gasteiger partial charge >= 0.3 is 5.97 Å². The quantitative estimate of drug-likeness (QED) is 0.679. The van der Waals surface area contributed by atoms with Crippen LogP contribution in [0.15, 0.2) is 0 Å². The van der Waals surface area contributed by atoms with Crippen LogP contribution in [-0.2, 0) is 4.79 Å². The summed E-state index contributed by atoms with van der Waals surface area (Å²) in [4.78, 5) is 11.3. The summed E-state index contributed by atoms with van der Waals surface area (Å²) in [6, 6.07) is 0. The van der Waals surface area contributed by atoms with Gasteiger partial charge < -0.3 is 5.11 Å². The van der Waals surface area contributed by atoms with Crippen LogP contribution in [0.1, 0.15) is 12.8 Å². The molecule has 6 bridgehead atoms. The van der Waals surface area contributed by atoms with E-state index in [0.717, 1.165) is 35.5 Å². The van der Waals surface area contributed by atoms with E-state index in [4.69, 9.17) is 0 Å². The van der Waals surface area contributed by atoms with Crippen molar-refractivity contribution in [2.45, 2.75) is 12.8 Å². The Morgan fingerprint density at radius 1 is 0.857 bits per heavy atom. The highest BCUT2D eigenvalue weighted by molar-refractivity contribution is 5.73. The Hall–Kier alpha value is -0.530. The fraction of sp³-hybridized carbons (Fsp3) is 0.917. The second-order valence-corrected chi connectivity index (χ2v) is 6.30. The average Bonchev–Trinajstić information content (AvgIpc) is 2.76. The van der Waals surface area contributed by atoms with Crippen molar-refractivity contribution in [3.05, 3.63) is 0 Å². The first kappa shape index (κ1) is 6.86. The van der Waals surface area contributed by atoms with Crippen LogP contribution in [0.3, 0.4) is 0 Å². The zero-order chi connectivity index (χ0) is 9.19. The van der Waals surface area contributed by atoms with E-state index in [1.807, 2.05) is 0 Å². The largest absolute Gasteiger partial charge is 0.481 e. The van der Waals surface area contributed by atoms with Crippen molar-refractivity contribution >= 4 is 5.97 Å². The van der Waals surface area contributed by atoms with Crippen molar-refractivity contribution in [2.75, 3.05) is 0 Å². The fourth-order valence-corrected chi connectivity index (χ4v) is 6.95. The summed E-state index contributed by atoms with van der Waals surface area (Å²) in [5.74, 6) is 6.22. The van der Waals surface area contributed by atoms with Gasteiger partial charge in [0.25, 0.3) is 0 Å². The third kappa shape index (κ3) is 0.409. The molecule has 2 nitrogen and oxygen atoms in total. The van der Waals surface area contributed by atoms with Crippen LogP contribution < -0.4 is 0 Å². The molecule has 6 aliphatic rings. The maximum absolute atomic E-state index is 11.3. The van der Waals surface area contributed by atoms with Gasteiger partial charge in [-0.2, -0.15) is 0 Å². The Morgan fingerprint density at radius 2 is 1.36 bits per heavy atom. The highest BCUT2D eigenvalue weighted by Gasteiger charge is 2.81. The topological polar surface area (TPSA) is 37.3 Å². The van der Waals surface area contributed by atoms with E-state index in [9.17, 15) is 9.90 Å². The zero-order valence-corrected chi connectivity index (χ0v) is 7.97. The van der Waals surface area contributed by atoms with Gasteiger partial charge in [-0.05, 0) is 60.2 Å². The number of hydrogen-bond acceptors (Lipinski definition) is 1. The summed E-state index contributed by atoms with van der Waals surface area (Å²) >= 11 is 0. The van der Waals surface area contributed by atoms with Crippen LogP contribution in [0.4, 0.5) is 0 Å². The summed E-state index contributed by atoms with van der Waals surface area (Å²) < 4.78 is 0. The van der Waals surface area contributed by atoms with Gasteiger partial charge in [-0.25, -0.2) is 0 Å². The van der Waals surface area contributed by atoms with Gasteiger partial charge in [0.1, 0.15) is 0 Å². The van der Waals surface area contributed by atoms with Gasteiger partial charge in [0.05, 0.1) is 5.92 Å². The smallest absolute Gasteiger partial charge is 0.307 e. The molecule has 1 N–H and O–H groups in total. The Kier molecular flexibility index (Phi) is 0.812. The lowest BCUT2D eigenvalue weighted by Crippen LogP contribution is -2.30. The third-order valence-corrected chi connectivity index (χ3v) is 6.61. The highest BCUT2D eigenvalue weighted by Crippen LogP contribution is 2.84. The molecule has 2 heteroatoms. The van der Waals surface area contributed by atoms with Crippen molar-refractivity contribution in [3.63, 3.8) is 0 Å². The Morgan fingerprint density at radius 3 is 1.79 bits per heavy atom. The van der Waals surface area contributed by atoms with Crippen LogP contribution in [0.25, 0.3) is 0 Å². The van der Waals surface area contributed by atoms with Crippen molar-refractivity contribution in [1.29, 1.82) is 0 Å². The molecule has 1 unspecified atom stereocenters. The fourth-order valence-electron chi connectivity index (χ4n) is 6.95. The van der Waals surface area contributed by atoms with E-state index >= 15 is 0 Å². The molecule has 0 radical (unpaired) electrons. The minimum Gasteiger partial charge on any atom is -0.481 e. The molecular formula is C12H14O2. The lowest BCUT2D eigenvalue weighted by atomic mass is 9.71. The van der Waals surface area contributed by atoms with E-state index in [1.54, 1.807) is 0 Å². The first-order chi connectivity index (χ1) is 6.79. The molecule has 6 aliphatic carbocycles. The second kappa shape index (κ2) is 1.66. The number of carboxylic acid groups (broad SMARTS) is 1. The summed E-state index contributed by atoms with van der Waals surface area (Å²) in [6.45, 7) is 0. The molecule has 0 saturated heterocycles. The number of carboxylic acids is 1. The molecule has 14 heavy (non-hydrogen) atoms. The number of carbonyl (C=O) groups is 1. The number of hydrogen-bond donors (Lipinski definition) is 1. The highest BCUT2D eigenvalue weighted by atomic mass is 16.4. The van der Waals surface area contributed by atoms with Crippen molar-refractivity contribution in [1.82, 2.24) is 0 Å². The van der Waals surface area contributed by atoms with E-state index in [-0.39, 0.29) is 5.92 Å². The average molecular weight is 190 g/mol. The van der Waals surface area contributed by atoms with E-state index < -0.39 is 5.97 Å². The summed E-state index contributed by atoms with van der Waals surface area (Å²) in [5, 5.41) is 9.33. The third-order valence-electron chi connectivity index (χ3n) is 6.61. The molecule has 6 saturated carbocycles. The van der Waals surface area contributed by atoms with Gasteiger partial charge in [0.15, 0.2) is 0 Å². The molecule has 0 amide bonds. The van der Waals surface area contributed by atoms with Crippen molar-refractivity contribution in [2.24, 2.45) is 53.3 Å². The van der Waals surface area contributed by atoms with E-state index in [1.165, 1.54) is 12.8 Å². The summed E-state index contributed by atoms with van der Waals surface area (Å²) in [5.41, 5.74) is 0. The molecule has 0 heterocycles. The number of aliphatic carboxylic acids is 1. The van der Waals surface area contributed by atoms with Crippen LogP contribution in [0.2, 0.25) is 0 Å². The molecule has 0 aromatic rings. The Bertz CT molecular complexity index is 335. The molecule has 9 atom stereocenters. The standard InChI is InChI=1S/C12H14O2/c13-12(14)11-9-5-1-3-4-2-6(7(3)9)10(11)8(4)5/h3-11H,1-2H2,(H,13,14)/t3-,4-,5-,6+,7-,8-,9-,10+,11?/m1/s1. The lowest BCUT2D eigenvalue weighted by molar-refractivity contribution is -0.143. The maximum Gasteiger partial charge on any atom is 0.307 e. The SMILES string of the molecule is O=C(O)C1[C@@H]2[C@@H]3C[C@@H]4[C@H]5C[C@H]([C@H]1[C@H]53)[C@@H]42. The maximum atomic E-state index is 11.3. The van der Waals surface area contributed by atoms with Gasteiger partial charge in [-0.15, -0.1) is 0 Å². The predicted octanol–water partition coefficient (Wildman–Crippen LogP) is 1.47. The van der Waals surface area contributed by atoms with Crippen LogP contribution in [0.5, 0.6) is 0 Å². The summed E-state index contributed by atoms with van der Waals surface area (Å²) in [7, 11) is 0. The normalized spacial score (nSPS) is 74.4. The number of rotatable bonds is 1. The van der Waals surface area contributed by atoms with Crippen molar-refractivity contribution in [3.8, 4) is 0 Å². The van der Waals surface area contributed by atoms with Gasteiger partial charge in [0, 0.05) is 0 Å². The molecular weight excluding hydrogens is 176 g/mol. The van der Waals surface area contributed by atoms with Gasteiger partial charge in [-0.3, -0.25) is 4.79 Å². The van der Waals surface area contributed by atoms with Crippen LogP contribution in [-0.4, -0.2) is 11.1 Å². The molecule has 74 valence electrons. The molecule has 0 aromatic carbocycles. The predicted molar refractivity (Wildman–Crippen MR) is 48.3 cm³/mol. The van der Waals surface area contributed by atoms with Crippen LogP contribution in [0, 0.1) is 53.3 Å². The van der Waals surface area contributed by atoms with E-state index in [0.29, 0.717) is 11.8 Å². The Labute approximate surface area is 82.7 Å². The van der Waals surface area contributed by atoms with Gasteiger partial charge in [-0.1, -0.05) is 0 Å². The van der Waals surface area contributed by atoms with Gasteiger partial charge in [0.2, 0.25) is 0 Å². The second-order valence-electron chi connectivity index (χ2n) is 6.30. The van der Waals surface area contributed by atoms with Crippen molar-refractivity contribution < 1.29 is 9.90 Å². The molecule has 0 aliphatic heterocycles. The molecule has 0 spiro atoms. The minimum absolute atomic E-state index is 0.0810. The molecule has 0 aromatic heterocycles. The van der Waals surface area contributed by atoms with E-state index in [2.05, 4.69) is 0 Å². The first-order valence-corrected chi connectivity index (χ1v) is 6.02. The minimum atomic E-state index is -0.469. The lowest BCUT2D eigenvalue weighted by Gasteiger charge is -2.33. The molecule has 6 fully saturated rings. The first-order valence-electron chi connectivity index (χ1n) is 6.02.